The molecule has 0 radical (unpaired) electrons. The number of hydrogen-bond acceptors (Lipinski definition) is 2. The Hall–Kier alpha value is -2.00. The fourth-order valence-corrected chi connectivity index (χ4v) is 2.01. The van der Waals surface area contributed by atoms with Crippen LogP contribution in [-0.2, 0) is 6.54 Å². The van der Waals surface area contributed by atoms with E-state index >= 15 is 0 Å². The third-order valence-corrected chi connectivity index (χ3v) is 3.00. The fraction of sp³-hybridized carbons (Fsp3) is 0.188. The maximum Gasteiger partial charge on any atom is 0.251 e. The molecule has 0 bridgehead atoms. The summed E-state index contributed by atoms with van der Waals surface area (Å²) in [7, 11) is 0. The molecule has 0 unspecified atom stereocenters. The molecule has 0 fully saturated rings. The van der Waals surface area contributed by atoms with E-state index in [0.717, 1.165) is 11.3 Å². The summed E-state index contributed by atoms with van der Waals surface area (Å²) in [6.07, 6.45) is 0. The molecule has 0 spiro atoms. The molecule has 0 saturated carbocycles. The Morgan fingerprint density at radius 3 is 2.60 bits per heavy atom. The Morgan fingerprint density at radius 1 is 1.20 bits per heavy atom. The summed E-state index contributed by atoms with van der Waals surface area (Å²) < 4.78 is 5.34. The van der Waals surface area contributed by atoms with Gasteiger partial charge in [-0.15, -0.1) is 0 Å². The Labute approximate surface area is 123 Å². The van der Waals surface area contributed by atoms with Crippen LogP contribution in [0.4, 0.5) is 0 Å². The second-order valence-electron chi connectivity index (χ2n) is 4.27. The maximum atomic E-state index is 12.0. The van der Waals surface area contributed by atoms with E-state index < -0.39 is 0 Å². The highest BCUT2D eigenvalue weighted by atomic mass is 35.5. The fourth-order valence-electron chi connectivity index (χ4n) is 1.80. The van der Waals surface area contributed by atoms with Gasteiger partial charge in [-0.05, 0) is 48.9 Å². The summed E-state index contributed by atoms with van der Waals surface area (Å²) in [5.41, 5.74) is 1.58. The quantitative estimate of drug-likeness (QED) is 0.912. The monoisotopic (exact) mass is 289 g/mol. The molecule has 0 aliphatic rings. The minimum atomic E-state index is -0.118. The smallest absolute Gasteiger partial charge is 0.251 e. The van der Waals surface area contributed by atoms with E-state index in [2.05, 4.69) is 5.32 Å². The third kappa shape index (κ3) is 4.00. The standard InChI is InChI=1S/C16H16ClNO2/c1-2-20-15-8-6-13(7-9-15)16(19)18-11-12-4-3-5-14(17)10-12/h3-10H,2,11H2,1H3,(H,18,19). The molecule has 0 aliphatic carbocycles. The van der Waals surface area contributed by atoms with Crippen molar-refractivity contribution in [2.45, 2.75) is 13.5 Å². The topological polar surface area (TPSA) is 38.3 Å². The first-order chi connectivity index (χ1) is 9.69. The zero-order chi connectivity index (χ0) is 14.4. The zero-order valence-corrected chi connectivity index (χ0v) is 12.0. The minimum absolute atomic E-state index is 0.118. The van der Waals surface area contributed by atoms with Gasteiger partial charge >= 0.3 is 0 Å². The van der Waals surface area contributed by atoms with Crippen LogP contribution in [0.25, 0.3) is 0 Å². The second kappa shape index (κ2) is 6.96. The predicted octanol–water partition coefficient (Wildman–Crippen LogP) is 3.67. The lowest BCUT2D eigenvalue weighted by Crippen LogP contribution is -2.22. The lowest BCUT2D eigenvalue weighted by atomic mass is 10.2. The predicted molar refractivity (Wildman–Crippen MR) is 80.2 cm³/mol. The molecule has 104 valence electrons. The number of rotatable bonds is 5. The molecule has 3 nitrogen and oxygen atoms in total. The van der Waals surface area contributed by atoms with Crippen molar-refractivity contribution < 1.29 is 9.53 Å². The van der Waals surface area contributed by atoms with Gasteiger partial charge in [-0.2, -0.15) is 0 Å². The van der Waals surface area contributed by atoms with Crippen molar-refractivity contribution in [2.75, 3.05) is 6.61 Å². The summed E-state index contributed by atoms with van der Waals surface area (Å²) in [5, 5.41) is 3.52. The molecule has 0 heterocycles. The Morgan fingerprint density at radius 2 is 1.95 bits per heavy atom. The summed E-state index contributed by atoms with van der Waals surface area (Å²) in [6, 6.07) is 14.5. The first-order valence-electron chi connectivity index (χ1n) is 6.44. The van der Waals surface area contributed by atoms with E-state index in [1.807, 2.05) is 25.1 Å². The van der Waals surface area contributed by atoms with Crippen molar-refractivity contribution >= 4 is 17.5 Å². The molecule has 0 aromatic heterocycles. The molecule has 1 amide bonds. The van der Waals surface area contributed by atoms with Crippen LogP contribution in [0.2, 0.25) is 5.02 Å². The Bertz CT molecular complexity index is 581. The number of nitrogens with one attached hydrogen (secondary N) is 1. The number of benzene rings is 2. The van der Waals surface area contributed by atoms with Crippen LogP contribution in [0, 0.1) is 0 Å². The average molecular weight is 290 g/mol. The molecule has 20 heavy (non-hydrogen) atoms. The van der Waals surface area contributed by atoms with Gasteiger partial charge in [0.2, 0.25) is 0 Å². The number of carbonyl (C=O) groups excluding carboxylic acids is 1. The van der Waals surface area contributed by atoms with Crippen LogP contribution in [-0.4, -0.2) is 12.5 Å². The molecule has 2 aromatic carbocycles. The van der Waals surface area contributed by atoms with Gasteiger partial charge in [-0.3, -0.25) is 4.79 Å². The van der Waals surface area contributed by atoms with E-state index in [9.17, 15) is 4.79 Å². The van der Waals surface area contributed by atoms with E-state index in [1.165, 1.54) is 0 Å². The second-order valence-corrected chi connectivity index (χ2v) is 4.71. The van der Waals surface area contributed by atoms with Crippen molar-refractivity contribution in [2.24, 2.45) is 0 Å². The first kappa shape index (κ1) is 14.4. The van der Waals surface area contributed by atoms with Gasteiger partial charge in [-0.25, -0.2) is 0 Å². The number of halogens is 1. The van der Waals surface area contributed by atoms with Crippen LogP contribution >= 0.6 is 11.6 Å². The summed E-state index contributed by atoms with van der Waals surface area (Å²) in [4.78, 5) is 12.0. The minimum Gasteiger partial charge on any atom is -0.494 e. The largest absolute Gasteiger partial charge is 0.494 e. The molecular weight excluding hydrogens is 274 g/mol. The Balaban J connectivity index is 1.94. The van der Waals surface area contributed by atoms with Gasteiger partial charge in [0.1, 0.15) is 5.75 Å². The average Bonchev–Trinajstić information content (AvgIpc) is 2.46. The molecule has 4 heteroatoms. The molecule has 2 rings (SSSR count). The molecule has 2 aromatic rings. The number of amides is 1. The first-order valence-corrected chi connectivity index (χ1v) is 6.82. The van der Waals surface area contributed by atoms with E-state index in [4.69, 9.17) is 16.3 Å². The molecular formula is C16H16ClNO2. The lowest BCUT2D eigenvalue weighted by molar-refractivity contribution is 0.0951. The van der Waals surface area contributed by atoms with Crippen molar-refractivity contribution in [3.63, 3.8) is 0 Å². The Kier molecular flexibility index (Phi) is 5.02. The van der Waals surface area contributed by atoms with Crippen molar-refractivity contribution in [3.8, 4) is 5.75 Å². The van der Waals surface area contributed by atoms with Gasteiger partial charge in [0, 0.05) is 17.1 Å². The molecule has 0 aliphatic heterocycles. The molecule has 1 N–H and O–H groups in total. The third-order valence-electron chi connectivity index (χ3n) is 2.77. The van der Waals surface area contributed by atoms with E-state index in [1.54, 1.807) is 30.3 Å². The van der Waals surface area contributed by atoms with E-state index in [0.29, 0.717) is 23.7 Å². The van der Waals surface area contributed by atoms with Gasteiger partial charge < -0.3 is 10.1 Å². The van der Waals surface area contributed by atoms with Crippen LogP contribution in [0.1, 0.15) is 22.8 Å². The highest BCUT2D eigenvalue weighted by Crippen LogP contribution is 2.13. The van der Waals surface area contributed by atoms with Crippen LogP contribution < -0.4 is 10.1 Å². The summed E-state index contributed by atoms with van der Waals surface area (Å²) >= 11 is 5.90. The highest BCUT2D eigenvalue weighted by molar-refractivity contribution is 6.30. The van der Waals surface area contributed by atoms with Gasteiger partial charge in [-0.1, -0.05) is 23.7 Å². The summed E-state index contributed by atoms with van der Waals surface area (Å²) in [5.74, 6) is 0.645. The molecule has 0 atom stereocenters. The number of ether oxygens (including phenoxy) is 1. The lowest BCUT2D eigenvalue weighted by Gasteiger charge is -2.07. The van der Waals surface area contributed by atoms with Crippen LogP contribution in [0.5, 0.6) is 5.75 Å². The van der Waals surface area contributed by atoms with Crippen LogP contribution in [0.15, 0.2) is 48.5 Å². The van der Waals surface area contributed by atoms with Crippen molar-refractivity contribution in [1.29, 1.82) is 0 Å². The normalized spacial score (nSPS) is 10.1. The SMILES string of the molecule is CCOc1ccc(C(=O)NCc2cccc(Cl)c2)cc1. The van der Waals surface area contributed by atoms with Crippen LogP contribution in [0.3, 0.4) is 0 Å². The van der Waals surface area contributed by atoms with Crippen molar-refractivity contribution in [3.05, 3.63) is 64.7 Å². The molecule has 0 saturated heterocycles. The van der Waals surface area contributed by atoms with Gasteiger partial charge in [0.15, 0.2) is 0 Å². The maximum absolute atomic E-state index is 12.0. The van der Waals surface area contributed by atoms with Gasteiger partial charge in [0.05, 0.1) is 6.61 Å². The zero-order valence-electron chi connectivity index (χ0n) is 11.2. The number of hydrogen-bond donors (Lipinski definition) is 1. The van der Waals surface area contributed by atoms with Crippen molar-refractivity contribution in [1.82, 2.24) is 5.32 Å². The van der Waals surface area contributed by atoms with Gasteiger partial charge in [0.25, 0.3) is 5.91 Å². The van der Waals surface area contributed by atoms with E-state index in [-0.39, 0.29) is 5.91 Å². The number of carbonyl (C=O) groups is 1. The summed E-state index contributed by atoms with van der Waals surface area (Å²) in [6.45, 7) is 2.98. The highest BCUT2D eigenvalue weighted by Gasteiger charge is 2.05.